The van der Waals surface area contributed by atoms with Crippen LogP contribution >= 0.6 is 0 Å². The summed E-state index contributed by atoms with van der Waals surface area (Å²) in [6.45, 7) is 13.2. The number of rotatable bonds is 0. The molecule has 0 bridgehead atoms. The molecule has 0 fully saturated rings. The lowest BCUT2D eigenvalue weighted by Gasteiger charge is -2.43. The van der Waals surface area contributed by atoms with Crippen molar-refractivity contribution in [1.29, 1.82) is 0 Å². The van der Waals surface area contributed by atoms with E-state index in [0.29, 0.717) is 0 Å². The summed E-state index contributed by atoms with van der Waals surface area (Å²) in [5.41, 5.74) is 5.05. The lowest BCUT2D eigenvalue weighted by Crippen LogP contribution is -2.34. The summed E-state index contributed by atoms with van der Waals surface area (Å²) in [5.74, 6) is 1.07. The number of allylic oxidation sites excluding steroid dienone is 2. The van der Waals surface area contributed by atoms with Crippen LogP contribution in [-0.4, -0.2) is 5.60 Å². The van der Waals surface area contributed by atoms with Gasteiger partial charge in [-0.1, -0.05) is 44.7 Å². The van der Waals surface area contributed by atoms with E-state index in [4.69, 9.17) is 4.74 Å². The minimum atomic E-state index is -0.0757. The number of hydrogen-bond acceptors (Lipinski definition) is 1. The molecular formula is C18H22O. The highest BCUT2D eigenvalue weighted by atomic mass is 16.5. The Morgan fingerprint density at radius 3 is 2.53 bits per heavy atom. The molecule has 1 aromatic carbocycles. The van der Waals surface area contributed by atoms with Gasteiger partial charge in [-0.05, 0) is 43.4 Å². The van der Waals surface area contributed by atoms with E-state index in [2.05, 4.69) is 58.5 Å². The third-order valence-electron chi connectivity index (χ3n) is 4.59. The van der Waals surface area contributed by atoms with E-state index in [-0.39, 0.29) is 11.0 Å². The van der Waals surface area contributed by atoms with Crippen LogP contribution in [0.3, 0.4) is 0 Å². The highest BCUT2D eigenvalue weighted by Gasteiger charge is 2.40. The van der Waals surface area contributed by atoms with Gasteiger partial charge in [-0.3, -0.25) is 0 Å². The fourth-order valence-electron chi connectivity index (χ4n) is 3.20. The Labute approximate surface area is 116 Å². The van der Waals surface area contributed by atoms with E-state index in [1.165, 1.54) is 22.3 Å². The summed E-state index contributed by atoms with van der Waals surface area (Å²) in [6.07, 6.45) is 2.13. The molecule has 0 saturated carbocycles. The van der Waals surface area contributed by atoms with Gasteiger partial charge in [-0.15, -0.1) is 0 Å². The van der Waals surface area contributed by atoms with Crippen molar-refractivity contribution in [3.05, 3.63) is 53.1 Å². The van der Waals surface area contributed by atoms with E-state index in [1.807, 2.05) is 0 Å². The quantitative estimate of drug-likeness (QED) is 0.644. The van der Waals surface area contributed by atoms with Gasteiger partial charge in [0.05, 0.1) is 0 Å². The minimum Gasteiger partial charge on any atom is -0.487 e. The molecule has 19 heavy (non-hydrogen) atoms. The zero-order valence-electron chi connectivity index (χ0n) is 12.3. The van der Waals surface area contributed by atoms with Crippen molar-refractivity contribution in [3.63, 3.8) is 0 Å². The monoisotopic (exact) mass is 254 g/mol. The van der Waals surface area contributed by atoms with Crippen molar-refractivity contribution >= 4 is 5.76 Å². The highest BCUT2D eigenvalue weighted by molar-refractivity contribution is 5.77. The van der Waals surface area contributed by atoms with E-state index >= 15 is 0 Å². The molecule has 1 aliphatic carbocycles. The van der Waals surface area contributed by atoms with E-state index in [0.717, 1.165) is 18.6 Å². The van der Waals surface area contributed by atoms with E-state index in [1.54, 1.807) is 0 Å². The standard InChI is InChI=1S/C18H22O/c1-12-13-10-11-17(2,3)19-16(13)14-8-6-7-9-15(14)18(12,4)5/h6-9H,1,10-11H2,2-5H3. The van der Waals surface area contributed by atoms with Crippen molar-refractivity contribution in [2.24, 2.45) is 0 Å². The van der Waals surface area contributed by atoms with Crippen LogP contribution in [0.15, 0.2) is 42.0 Å². The predicted octanol–water partition coefficient (Wildman–Crippen LogP) is 4.83. The molecule has 1 nitrogen and oxygen atoms in total. The molecule has 1 aromatic rings. The van der Waals surface area contributed by atoms with Crippen molar-refractivity contribution in [2.45, 2.75) is 51.6 Å². The Hall–Kier alpha value is -1.50. The second-order valence-electron chi connectivity index (χ2n) is 6.82. The summed E-state index contributed by atoms with van der Waals surface area (Å²) in [7, 11) is 0. The first-order chi connectivity index (χ1) is 8.83. The van der Waals surface area contributed by atoms with Crippen molar-refractivity contribution in [1.82, 2.24) is 0 Å². The summed E-state index contributed by atoms with van der Waals surface area (Å²) >= 11 is 0. The van der Waals surface area contributed by atoms with Gasteiger partial charge in [0.2, 0.25) is 0 Å². The molecule has 3 rings (SSSR count). The van der Waals surface area contributed by atoms with Crippen LogP contribution in [0, 0.1) is 0 Å². The fraction of sp³-hybridized carbons (Fsp3) is 0.444. The number of fused-ring (bicyclic) bond motifs is 2. The van der Waals surface area contributed by atoms with Crippen molar-refractivity contribution in [3.8, 4) is 0 Å². The Bertz CT molecular complexity index is 587. The first kappa shape index (κ1) is 12.5. The normalized spacial score (nSPS) is 23.5. The lowest BCUT2D eigenvalue weighted by atomic mass is 9.67. The minimum absolute atomic E-state index is 0.000267. The summed E-state index contributed by atoms with van der Waals surface area (Å²) in [4.78, 5) is 0. The highest BCUT2D eigenvalue weighted by Crippen LogP contribution is 2.50. The Morgan fingerprint density at radius 1 is 1.11 bits per heavy atom. The van der Waals surface area contributed by atoms with E-state index in [9.17, 15) is 0 Å². The van der Waals surface area contributed by atoms with Gasteiger partial charge in [0.15, 0.2) is 0 Å². The maximum Gasteiger partial charge on any atom is 0.131 e. The summed E-state index contributed by atoms with van der Waals surface area (Å²) < 4.78 is 6.29. The van der Waals surface area contributed by atoms with Gasteiger partial charge >= 0.3 is 0 Å². The third kappa shape index (κ3) is 1.75. The molecule has 1 aliphatic heterocycles. The zero-order valence-corrected chi connectivity index (χ0v) is 12.3. The largest absolute Gasteiger partial charge is 0.487 e. The Balaban J connectivity index is 2.25. The maximum absolute atomic E-state index is 6.29. The van der Waals surface area contributed by atoms with Crippen LogP contribution in [0.4, 0.5) is 0 Å². The first-order valence-corrected chi connectivity index (χ1v) is 7.05. The van der Waals surface area contributed by atoms with Gasteiger partial charge in [0.25, 0.3) is 0 Å². The smallest absolute Gasteiger partial charge is 0.131 e. The summed E-state index contributed by atoms with van der Waals surface area (Å²) in [5, 5.41) is 0. The lowest BCUT2D eigenvalue weighted by molar-refractivity contribution is 0.0553. The van der Waals surface area contributed by atoms with Gasteiger partial charge in [-0.25, -0.2) is 0 Å². The number of benzene rings is 1. The second kappa shape index (κ2) is 3.75. The number of hydrogen-bond donors (Lipinski definition) is 0. The Kier molecular flexibility index (Phi) is 2.47. The Morgan fingerprint density at radius 2 is 1.79 bits per heavy atom. The molecule has 1 heteroatoms. The molecule has 0 amide bonds. The molecule has 0 spiro atoms. The van der Waals surface area contributed by atoms with Crippen LogP contribution in [0.1, 0.15) is 51.7 Å². The molecule has 100 valence electrons. The van der Waals surface area contributed by atoms with Gasteiger partial charge in [-0.2, -0.15) is 0 Å². The molecule has 2 aliphatic rings. The van der Waals surface area contributed by atoms with Gasteiger partial charge in [0, 0.05) is 11.0 Å². The average Bonchev–Trinajstić information content (AvgIpc) is 2.36. The molecule has 0 N–H and O–H groups in total. The van der Waals surface area contributed by atoms with Crippen LogP contribution in [0.5, 0.6) is 0 Å². The van der Waals surface area contributed by atoms with Crippen LogP contribution in [-0.2, 0) is 10.2 Å². The van der Waals surface area contributed by atoms with Crippen molar-refractivity contribution < 1.29 is 4.74 Å². The van der Waals surface area contributed by atoms with Crippen LogP contribution < -0.4 is 0 Å². The molecule has 0 aromatic heterocycles. The molecule has 0 radical (unpaired) electrons. The zero-order chi connectivity index (χ0) is 13.8. The van der Waals surface area contributed by atoms with Crippen molar-refractivity contribution in [2.75, 3.05) is 0 Å². The SMILES string of the molecule is C=C1C2=C(OC(C)(C)CC2)c2ccccc2C1(C)C. The molecule has 0 saturated heterocycles. The second-order valence-corrected chi connectivity index (χ2v) is 6.82. The van der Waals surface area contributed by atoms with E-state index < -0.39 is 0 Å². The predicted molar refractivity (Wildman–Crippen MR) is 79.9 cm³/mol. The third-order valence-corrected chi connectivity index (χ3v) is 4.59. The first-order valence-electron chi connectivity index (χ1n) is 7.05. The average molecular weight is 254 g/mol. The van der Waals surface area contributed by atoms with Crippen LogP contribution in [0.25, 0.3) is 5.76 Å². The molecular weight excluding hydrogens is 232 g/mol. The number of ether oxygens (including phenoxy) is 1. The van der Waals surface area contributed by atoms with Gasteiger partial charge in [0.1, 0.15) is 11.4 Å². The topological polar surface area (TPSA) is 9.23 Å². The summed E-state index contributed by atoms with van der Waals surface area (Å²) in [6, 6.07) is 8.58. The fourth-order valence-corrected chi connectivity index (χ4v) is 3.20. The molecule has 0 unspecified atom stereocenters. The molecule has 1 heterocycles. The van der Waals surface area contributed by atoms with Crippen LogP contribution in [0.2, 0.25) is 0 Å². The van der Waals surface area contributed by atoms with Gasteiger partial charge < -0.3 is 4.74 Å². The molecule has 0 atom stereocenters. The maximum atomic E-state index is 6.29.